The van der Waals surface area contributed by atoms with Crippen molar-refractivity contribution in [3.63, 3.8) is 0 Å². The van der Waals surface area contributed by atoms with Gasteiger partial charge in [0.15, 0.2) is 0 Å². The molecule has 1 unspecified atom stereocenters. The molecule has 3 N–H and O–H groups in total. The molecule has 0 radical (unpaired) electrons. The summed E-state index contributed by atoms with van der Waals surface area (Å²) in [6.45, 7) is 4.57. The van der Waals surface area contributed by atoms with Crippen LogP contribution in [0.5, 0.6) is 0 Å². The molecule has 0 saturated heterocycles. The van der Waals surface area contributed by atoms with Gasteiger partial charge in [-0.15, -0.1) is 0 Å². The molecule has 1 fully saturated rings. The maximum atomic E-state index is 5.76. The number of nitrogens with two attached hydrogens (primary N) is 1. The lowest BCUT2D eigenvalue weighted by molar-refractivity contribution is 0.166. The monoisotopic (exact) mass is 218 g/mol. The van der Waals surface area contributed by atoms with Gasteiger partial charge in [-0.3, -0.25) is 11.3 Å². The molecule has 0 heterocycles. The fraction of sp³-hybridized carbons (Fsp3) is 0.571. The highest BCUT2D eigenvalue weighted by atomic mass is 15.2. The van der Waals surface area contributed by atoms with Crippen molar-refractivity contribution in [1.29, 1.82) is 0 Å². The number of hydrazine groups is 1. The summed E-state index contributed by atoms with van der Waals surface area (Å²) in [5.41, 5.74) is 4.51. The summed E-state index contributed by atoms with van der Waals surface area (Å²) < 4.78 is 0. The number of hydrogen-bond donors (Lipinski definition) is 2. The second kappa shape index (κ2) is 4.56. The number of benzene rings is 1. The second-order valence-electron chi connectivity index (χ2n) is 5.42. The lowest BCUT2D eigenvalue weighted by Crippen LogP contribution is -2.54. The molecule has 2 heteroatoms. The first-order valence-electron chi connectivity index (χ1n) is 6.18. The zero-order chi connectivity index (χ0) is 11.6. The molecule has 1 aromatic carbocycles. The maximum absolute atomic E-state index is 5.76. The SMILES string of the molecule is CC(C)(c1ccccc1)C(NN)C1CCC1. The zero-order valence-corrected chi connectivity index (χ0v) is 10.2. The van der Waals surface area contributed by atoms with Crippen molar-refractivity contribution in [1.82, 2.24) is 5.43 Å². The topological polar surface area (TPSA) is 38.0 Å². The lowest BCUT2D eigenvalue weighted by Gasteiger charge is -2.43. The van der Waals surface area contributed by atoms with E-state index in [0.29, 0.717) is 6.04 Å². The Balaban J connectivity index is 2.21. The standard InChI is InChI=1S/C14H22N2/c1-14(2,12-9-4-3-5-10-12)13(16-15)11-7-6-8-11/h3-5,9-11,13,16H,6-8,15H2,1-2H3. The molecule has 88 valence electrons. The third-order valence-corrected chi connectivity index (χ3v) is 4.10. The van der Waals surface area contributed by atoms with E-state index in [9.17, 15) is 0 Å². The van der Waals surface area contributed by atoms with Gasteiger partial charge < -0.3 is 0 Å². The number of rotatable bonds is 4. The second-order valence-corrected chi connectivity index (χ2v) is 5.42. The Bertz CT molecular complexity index is 328. The third-order valence-electron chi connectivity index (χ3n) is 4.10. The lowest BCUT2D eigenvalue weighted by atomic mass is 9.66. The molecule has 2 rings (SSSR count). The van der Waals surface area contributed by atoms with Crippen molar-refractivity contribution in [2.75, 3.05) is 0 Å². The first kappa shape index (κ1) is 11.6. The maximum Gasteiger partial charge on any atom is 0.0330 e. The van der Waals surface area contributed by atoms with Crippen LogP contribution in [-0.2, 0) is 5.41 Å². The van der Waals surface area contributed by atoms with Crippen molar-refractivity contribution in [3.05, 3.63) is 35.9 Å². The fourth-order valence-electron chi connectivity index (χ4n) is 2.75. The highest BCUT2D eigenvalue weighted by molar-refractivity contribution is 5.26. The van der Waals surface area contributed by atoms with Crippen LogP contribution in [0.3, 0.4) is 0 Å². The molecule has 0 aliphatic heterocycles. The molecule has 1 aromatic rings. The highest BCUT2D eigenvalue weighted by Crippen LogP contribution is 2.39. The highest BCUT2D eigenvalue weighted by Gasteiger charge is 2.38. The van der Waals surface area contributed by atoms with Crippen molar-refractivity contribution >= 4 is 0 Å². The Hall–Kier alpha value is -0.860. The molecular weight excluding hydrogens is 196 g/mol. The molecule has 1 aliphatic carbocycles. The van der Waals surface area contributed by atoms with Gasteiger partial charge in [0, 0.05) is 11.5 Å². The van der Waals surface area contributed by atoms with Crippen LogP contribution in [0.15, 0.2) is 30.3 Å². The molecule has 0 bridgehead atoms. The van der Waals surface area contributed by atoms with E-state index in [4.69, 9.17) is 5.84 Å². The van der Waals surface area contributed by atoms with Crippen LogP contribution >= 0.6 is 0 Å². The first-order chi connectivity index (χ1) is 7.66. The Morgan fingerprint density at radius 1 is 1.25 bits per heavy atom. The normalized spacial score (nSPS) is 19.2. The van der Waals surface area contributed by atoms with Crippen LogP contribution in [0.2, 0.25) is 0 Å². The Morgan fingerprint density at radius 3 is 2.31 bits per heavy atom. The predicted molar refractivity (Wildman–Crippen MR) is 67.9 cm³/mol. The van der Waals surface area contributed by atoms with Gasteiger partial charge in [0.1, 0.15) is 0 Å². The summed E-state index contributed by atoms with van der Waals surface area (Å²) in [6.07, 6.45) is 3.98. The van der Waals surface area contributed by atoms with E-state index in [-0.39, 0.29) is 5.41 Å². The molecule has 1 atom stereocenters. The van der Waals surface area contributed by atoms with E-state index >= 15 is 0 Å². The van der Waals surface area contributed by atoms with E-state index < -0.39 is 0 Å². The van der Waals surface area contributed by atoms with Gasteiger partial charge >= 0.3 is 0 Å². The molecular formula is C14H22N2. The van der Waals surface area contributed by atoms with Crippen molar-refractivity contribution in [2.45, 2.75) is 44.6 Å². The Kier molecular flexibility index (Phi) is 3.31. The summed E-state index contributed by atoms with van der Waals surface area (Å²) in [5.74, 6) is 6.49. The molecule has 0 amide bonds. The Morgan fingerprint density at radius 2 is 1.88 bits per heavy atom. The zero-order valence-electron chi connectivity index (χ0n) is 10.2. The molecule has 1 saturated carbocycles. The summed E-state index contributed by atoms with van der Waals surface area (Å²) in [7, 11) is 0. The average molecular weight is 218 g/mol. The van der Waals surface area contributed by atoms with E-state index in [1.807, 2.05) is 0 Å². The quantitative estimate of drug-likeness (QED) is 0.602. The van der Waals surface area contributed by atoms with E-state index in [0.717, 1.165) is 5.92 Å². The minimum Gasteiger partial charge on any atom is -0.271 e. The van der Waals surface area contributed by atoms with E-state index in [1.165, 1.54) is 24.8 Å². The fourth-order valence-corrected chi connectivity index (χ4v) is 2.75. The van der Waals surface area contributed by atoms with Crippen molar-refractivity contribution in [2.24, 2.45) is 11.8 Å². The van der Waals surface area contributed by atoms with Gasteiger partial charge in [0.05, 0.1) is 0 Å². The first-order valence-corrected chi connectivity index (χ1v) is 6.18. The largest absolute Gasteiger partial charge is 0.271 e. The summed E-state index contributed by atoms with van der Waals surface area (Å²) in [5, 5.41) is 0. The smallest absolute Gasteiger partial charge is 0.0330 e. The minimum atomic E-state index is 0.0983. The van der Waals surface area contributed by atoms with Crippen LogP contribution in [0.25, 0.3) is 0 Å². The van der Waals surface area contributed by atoms with E-state index in [1.54, 1.807) is 0 Å². The molecule has 0 spiro atoms. The van der Waals surface area contributed by atoms with Crippen molar-refractivity contribution in [3.8, 4) is 0 Å². The van der Waals surface area contributed by atoms with Crippen LogP contribution < -0.4 is 11.3 Å². The van der Waals surface area contributed by atoms with Crippen molar-refractivity contribution < 1.29 is 0 Å². The van der Waals surface area contributed by atoms with Crippen LogP contribution in [-0.4, -0.2) is 6.04 Å². The van der Waals surface area contributed by atoms with Gasteiger partial charge in [-0.25, -0.2) is 0 Å². The molecule has 2 nitrogen and oxygen atoms in total. The summed E-state index contributed by atoms with van der Waals surface area (Å²) in [6, 6.07) is 11.0. The summed E-state index contributed by atoms with van der Waals surface area (Å²) in [4.78, 5) is 0. The van der Waals surface area contributed by atoms with Gasteiger partial charge in [0.2, 0.25) is 0 Å². The van der Waals surface area contributed by atoms with Gasteiger partial charge in [-0.05, 0) is 24.3 Å². The molecule has 16 heavy (non-hydrogen) atoms. The molecule has 0 aromatic heterocycles. The minimum absolute atomic E-state index is 0.0983. The predicted octanol–water partition coefficient (Wildman–Crippen LogP) is 2.60. The van der Waals surface area contributed by atoms with E-state index in [2.05, 4.69) is 49.6 Å². The number of nitrogens with one attached hydrogen (secondary N) is 1. The van der Waals surface area contributed by atoms with Gasteiger partial charge in [-0.1, -0.05) is 50.6 Å². The molecule has 1 aliphatic rings. The van der Waals surface area contributed by atoms with Crippen LogP contribution in [0.1, 0.15) is 38.7 Å². The Labute approximate surface area is 98.2 Å². The average Bonchev–Trinajstić information content (AvgIpc) is 2.24. The van der Waals surface area contributed by atoms with Gasteiger partial charge in [0.25, 0.3) is 0 Å². The van der Waals surface area contributed by atoms with Gasteiger partial charge in [-0.2, -0.15) is 0 Å². The summed E-state index contributed by atoms with van der Waals surface area (Å²) >= 11 is 0. The third kappa shape index (κ3) is 2.00. The van der Waals surface area contributed by atoms with Crippen LogP contribution in [0.4, 0.5) is 0 Å². The van der Waals surface area contributed by atoms with Crippen LogP contribution in [0, 0.1) is 5.92 Å². The number of hydrogen-bond acceptors (Lipinski definition) is 2.